The van der Waals surface area contributed by atoms with E-state index in [9.17, 15) is 27.9 Å². The maximum absolute atomic E-state index is 13.5. The van der Waals surface area contributed by atoms with Crippen LogP contribution in [0.1, 0.15) is 17.2 Å². The number of amides is 2. The fraction of sp³-hybridized carbons (Fsp3) is 0.263. The molecule has 3 rings (SSSR count). The molecule has 0 radical (unpaired) electrons. The van der Waals surface area contributed by atoms with Crippen molar-refractivity contribution in [2.45, 2.75) is 17.9 Å². The number of Topliss-reactive ketones (excluding diaryl/α,β-unsaturated/α-hetero) is 1. The lowest BCUT2D eigenvalue weighted by atomic mass is 9.76. The lowest BCUT2D eigenvalue weighted by Crippen LogP contribution is -2.66. The number of ketones is 1. The number of halogens is 4. The second kappa shape index (κ2) is 7.57. The molecule has 10 heteroatoms. The zero-order chi connectivity index (χ0) is 21.4. The minimum Gasteiger partial charge on any atom is -0.496 e. The summed E-state index contributed by atoms with van der Waals surface area (Å²) in [5.74, 6) is -4.20. The Morgan fingerprint density at radius 3 is 2.38 bits per heavy atom. The van der Waals surface area contributed by atoms with Crippen molar-refractivity contribution in [3.8, 4) is 5.75 Å². The Hall–Kier alpha value is -2.78. The van der Waals surface area contributed by atoms with Crippen molar-refractivity contribution in [2.75, 3.05) is 7.11 Å². The van der Waals surface area contributed by atoms with Gasteiger partial charge in [0.2, 0.25) is 5.78 Å². The molecule has 0 aliphatic carbocycles. The number of ether oxygens (including phenoxy) is 1. The number of methoxy groups -OCH3 is 1. The van der Waals surface area contributed by atoms with Gasteiger partial charge in [-0.2, -0.15) is 13.2 Å². The van der Waals surface area contributed by atoms with Crippen LogP contribution in [-0.2, 0) is 10.5 Å². The Morgan fingerprint density at radius 2 is 1.79 bits per heavy atom. The van der Waals surface area contributed by atoms with E-state index in [1.54, 1.807) is 6.07 Å². The summed E-state index contributed by atoms with van der Waals surface area (Å²) < 4.78 is 45.6. The number of alkyl halides is 3. The highest BCUT2D eigenvalue weighted by Crippen LogP contribution is 2.44. The topological polar surface area (TPSA) is 87.7 Å². The SMILES string of the molecule is COc1ccccc1C1NC(=O)NC(O)(c2ccc(Cl)cc2)C1C(=O)C(F)(F)F. The summed E-state index contributed by atoms with van der Waals surface area (Å²) in [4.78, 5) is 24.7. The number of urea groups is 1. The van der Waals surface area contributed by atoms with Gasteiger partial charge in [0.25, 0.3) is 0 Å². The summed E-state index contributed by atoms with van der Waals surface area (Å²) in [6.45, 7) is 0. The molecule has 1 aliphatic rings. The molecule has 2 aromatic carbocycles. The van der Waals surface area contributed by atoms with Crippen LogP contribution in [-0.4, -0.2) is 30.2 Å². The number of para-hydroxylation sites is 1. The third-order valence-electron chi connectivity index (χ3n) is 4.69. The van der Waals surface area contributed by atoms with Crippen LogP contribution in [0.15, 0.2) is 48.5 Å². The van der Waals surface area contributed by atoms with E-state index in [1.807, 2.05) is 0 Å². The van der Waals surface area contributed by atoms with E-state index >= 15 is 0 Å². The summed E-state index contributed by atoms with van der Waals surface area (Å²) in [6, 6.07) is 8.65. The lowest BCUT2D eigenvalue weighted by molar-refractivity contribution is -0.190. The second-order valence-corrected chi connectivity index (χ2v) is 6.87. The van der Waals surface area contributed by atoms with E-state index in [1.165, 1.54) is 49.6 Å². The van der Waals surface area contributed by atoms with Crippen molar-refractivity contribution in [3.63, 3.8) is 0 Å². The van der Waals surface area contributed by atoms with Crippen LogP contribution in [0.2, 0.25) is 5.02 Å². The number of benzene rings is 2. The number of carbonyl (C=O) groups is 2. The number of hydrogen-bond donors (Lipinski definition) is 3. The maximum Gasteiger partial charge on any atom is 0.450 e. The van der Waals surface area contributed by atoms with Gasteiger partial charge in [-0.25, -0.2) is 4.79 Å². The Balaban J connectivity index is 2.22. The molecule has 3 atom stereocenters. The number of hydrogen-bond acceptors (Lipinski definition) is 4. The molecule has 0 aromatic heterocycles. The van der Waals surface area contributed by atoms with E-state index < -0.39 is 35.7 Å². The standard InChI is InChI=1S/C19H16ClF3N2O4/c1-29-13-5-3-2-4-12(13)15-14(16(26)19(21,22)23)18(28,25-17(27)24-15)10-6-8-11(20)9-7-10/h2-9,14-15,28H,1H3,(H2,24,25,27). The lowest BCUT2D eigenvalue weighted by Gasteiger charge is -2.45. The molecule has 3 unspecified atom stereocenters. The molecular formula is C19H16ClF3N2O4. The van der Waals surface area contributed by atoms with Gasteiger partial charge in [-0.3, -0.25) is 4.79 Å². The molecule has 0 bridgehead atoms. The van der Waals surface area contributed by atoms with Crippen LogP contribution < -0.4 is 15.4 Å². The molecule has 1 aliphatic heterocycles. The van der Waals surface area contributed by atoms with E-state index in [0.717, 1.165) is 0 Å². The first kappa shape index (κ1) is 20.9. The highest BCUT2D eigenvalue weighted by atomic mass is 35.5. The fourth-order valence-electron chi connectivity index (χ4n) is 3.41. The van der Waals surface area contributed by atoms with Gasteiger partial charge in [-0.1, -0.05) is 41.9 Å². The largest absolute Gasteiger partial charge is 0.496 e. The van der Waals surface area contributed by atoms with Gasteiger partial charge >= 0.3 is 12.2 Å². The van der Waals surface area contributed by atoms with E-state index in [0.29, 0.717) is 0 Å². The highest BCUT2D eigenvalue weighted by molar-refractivity contribution is 6.30. The van der Waals surface area contributed by atoms with Crippen LogP contribution in [0.5, 0.6) is 5.75 Å². The summed E-state index contributed by atoms with van der Waals surface area (Å²) in [7, 11) is 1.30. The molecule has 0 spiro atoms. The normalized spacial score (nSPS) is 24.4. The first-order valence-corrected chi connectivity index (χ1v) is 8.76. The van der Waals surface area contributed by atoms with Crippen molar-refractivity contribution in [1.29, 1.82) is 0 Å². The zero-order valence-corrected chi connectivity index (χ0v) is 15.7. The van der Waals surface area contributed by atoms with Gasteiger partial charge in [-0.05, 0) is 18.2 Å². The molecule has 29 heavy (non-hydrogen) atoms. The van der Waals surface area contributed by atoms with Crippen LogP contribution >= 0.6 is 11.6 Å². The summed E-state index contributed by atoms with van der Waals surface area (Å²) >= 11 is 5.82. The monoisotopic (exact) mass is 428 g/mol. The highest BCUT2D eigenvalue weighted by Gasteiger charge is 2.59. The minimum atomic E-state index is -5.27. The number of nitrogens with one attached hydrogen (secondary N) is 2. The van der Waals surface area contributed by atoms with E-state index in [4.69, 9.17) is 16.3 Å². The molecule has 154 valence electrons. The van der Waals surface area contributed by atoms with Crippen molar-refractivity contribution in [1.82, 2.24) is 10.6 Å². The predicted molar refractivity (Wildman–Crippen MR) is 97.3 cm³/mol. The maximum atomic E-state index is 13.5. The van der Waals surface area contributed by atoms with Gasteiger partial charge in [-0.15, -0.1) is 0 Å². The quantitative estimate of drug-likeness (QED) is 0.697. The van der Waals surface area contributed by atoms with Gasteiger partial charge in [0, 0.05) is 16.1 Å². The van der Waals surface area contributed by atoms with Crippen LogP contribution in [0.4, 0.5) is 18.0 Å². The molecule has 2 amide bonds. The molecule has 6 nitrogen and oxygen atoms in total. The Kier molecular flexibility index (Phi) is 5.46. The van der Waals surface area contributed by atoms with Crippen molar-refractivity contribution in [2.24, 2.45) is 5.92 Å². The molecule has 3 N–H and O–H groups in total. The van der Waals surface area contributed by atoms with Crippen LogP contribution in [0, 0.1) is 5.92 Å². The molecule has 0 saturated carbocycles. The van der Waals surface area contributed by atoms with Gasteiger partial charge in [0.1, 0.15) is 11.7 Å². The summed E-state index contributed by atoms with van der Waals surface area (Å²) in [5, 5.41) is 15.9. The van der Waals surface area contributed by atoms with Gasteiger partial charge < -0.3 is 20.5 Å². The smallest absolute Gasteiger partial charge is 0.450 e. The average molecular weight is 429 g/mol. The van der Waals surface area contributed by atoms with E-state index in [2.05, 4.69) is 10.6 Å². The summed E-state index contributed by atoms with van der Waals surface area (Å²) in [5.41, 5.74) is -2.66. The Bertz CT molecular complexity index is 936. The first-order valence-electron chi connectivity index (χ1n) is 8.39. The Morgan fingerprint density at radius 1 is 1.17 bits per heavy atom. The molecular weight excluding hydrogens is 413 g/mol. The minimum absolute atomic E-state index is 0.111. The molecule has 1 saturated heterocycles. The van der Waals surface area contributed by atoms with Crippen molar-refractivity contribution in [3.05, 3.63) is 64.7 Å². The third-order valence-corrected chi connectivity index (χ3v) is 4.95. The summed E-state index contributed by atoms with van der Waals surface area (Å²) in [6.07, 6.45) is -5.27. The fourth-order valence-corrected chi connectivity index (χ4v) is 3.53. The number of rotatable bonds is 4. The van der Waals surface area contributed by atoms with Gasteiger partial charge in [0.05, 0.1) is 13.2 Å². The zero-order valence-electron chi connectivity index (χ0n) is 15.0. The molecule has 1 fully saturated rings. The first-order chi connectivity index (χ1) is 13.6. The van der Waals surface area contributed by atoms with Crippen molar-refractivity contribution >= 4 is 23.4 Å². The molecule has 1 heterocycles. The van der Waals surface area contributed by atoms with Gasteiger partial charge in [0.15, 0.2) is 5.72 Å². The Labute approximate surface area is 168 Å². The predicted octanol–water partition coefficient (Wildman–Crippen LogP) is 3.30. The van der Waals surface area contributed by atoms with Crippen molar-refractivity contribution < 1.29 is 32.6 Å². The molecule has 2 aromatic rings. The third kappa shape index (κ3) is 3.88. The number of aliphatic hydroxyl groups is 1. The average Bonchev–Trinajstić information content (AvgIpc) is 2.66. The second-order valence-electron chi connectivity index (χ2n) is 6.43. The van der Waals surface area contributed by atoms with Crippen LogP contribution in [0.25, 0.3) is 0 Å². The van der Waals surface area contributed by atoms with E-state index in [-0.39, 0.29) is 21.9 Å². The number of carbonyl (C=O) groups excluding carboxylic acids is 2. The van der Waals surface area contributed by atoms with Crippen LogP contribution in [0.3, 0.4) is 0 Å².